The van der Waals surface area contributed by atoms with Gasteiger partial charge >= 0.3 is 11.9 Å². The van der Waals surface area contributed by atoms with Gasteiger partial charge in [-0.1, -0.05) is 41.5 Å². The van der Waals surface area contributed by atoms with E-state index in [1.54, 1.807) is 82.2 Å². The summed E-state index contributed by atoms with van der Waals surface area (Å²) in [6.07, 6.45) is -0.592. The lowest BCUT2D eigenvalue weighted by molar-refractivity contribution is 0.0366. The summed E-state index contributed by atoms with van der Waals surface area (Å²) in [5, 5.41) is 128. The zero-order valence-corrected chi connectivity index (χ0v) is 41.3. The molecule has 21 nitrogen and oxygen atoms in total. The van der Waals surface area contributed by atoms with Crippen molar-refractivity contribution in [3.63, 3.8) is 0 Å². The van der Waals surface area contributed by atoms with Gasteiger partial charge in [-0.05, 0) is 101 Å². The lowest BCUT2D eigenvalue weighted by Gasteiger charge is -2.09. The third-order valence-electron chi connectivity index (χ3n) is 9.14. The molecule has 0 bridgehead atoms. The van der Waals surface area contributed by atoms with Gasteiger partial charge in [0.25, 0.3) is 0 Å². The fraction of sp³-hybridized carbons (Fsp3) is 0.314. The molecule has 0 aliphatic rings. The summed E-state index contributed by atoms with van der Waals surface area (Å²) in [5.41, 5.74) is 1.29. The predicted octanol–water partition coefficient (Wildman–Crippen LogP) is 8.27. The number of benzene rings is 5. The first-order valence-corrected chi connectivity index (χ1v) is 21.7. The molecule has 0 heterocycles. The molecule has 0 saturated heterocycles. The minimum Gasteiger partial charge on any atom is -0.504 e. The lowest BCUT2D eigenvalue weighted by atomic mass is 9.99. The van der Waals surface area contributed by atoms with Crippen LogP contribution in [0.2, 0.25) is 0 Å². The van der Waals surface area contributed by atoms with E-state index < -0.39 is 80.9 Å². The minimum absolute atomic E-state index is 0.0171. The zero-order chi connectivity index (χ0) is 55.8. The number of aromatic hydroxyl groups is 14. The number of Topliss-reactive ketones (excluding diaryl/α,β-unsaturated/α-hetero) is 3. The average molecular weight is 1010 g/mol. The van der Waals surface area contributed by atoms with E-state index in [1.165, 1.54) is 6.07 Å². The highest BCUT2D eigenvalue weighted by Gasteiger charge is 2.19. The van der Waals surface area contributed by atoms with Crippen LogP contribution in [0.15, 0.2) is 60.7 Å². The minimum atomic E-state index is -0.671. The normalized spacial score (nSPS) is 10.4. The summed E-state index contributed by atoms with van der Waals surface area (Å²) in [6.45, 7) is 18.8. The molecule has 0 spiro atoms. The van der Waals surface area contributed by atoms with Crippen LogP contribution in [0.1, 0.15) is 127 Å². The van der Waals surface area contributed by atoms with Crippen molar-refractivity contribution in [1.82, 2.24) is 0 Å². The van der Waals surface area contributed by atoms with Crippen LogP contribution in [0.25, 0.3) is 0 Å². The molecule has 392 valence electrons. The highest BCUT2D eigenvalue weighted by molar-refractivity contribution is 6.00. The first-order chi connectivity index (χ1) is 33.1. The van der Waals surface area contributed by atoms with Gasteiger partial charge in [-0.3, -0.25) is 14.4 Å². The Bertz CT molecular complexity index is 2370. The van der Waals surface area contributed by atoms with E-state index in [0.717, 1.165) is 48.5 Å². The standard InChI is InChI=1S/C11H14O3.2C10H12O5.2C10H12O4/c1-6(2)10(13)8-4-7(3)11(14)9(12)5-8;2*1-5(2)15-10(14)6-3-7(11)9(13)8(12)4-6;2*1-5(2)9(13)6-3-7(11)10(14)8(12)4-6/h4-6,12,14H,1-3H3;2*3-5,11-13H,1-2H3;2*3-5,11-12,14H,1-2H3. The van der Waals surface area contributed by atoms with Crippen molar-refractivity contribution in [3.8, 4) is 80.5 Å². The van der Waals surface area contributed by atoms with Crippen LogP contribution < -0.4 is 0 Å². The van der Waals surface area contributed by atoms with Crippen LogP contribution in [0.4, 0.5) is 0 Å². The van der Waals surface area contributed by atoms with E-state index in [9.17, 15) is 34.2 Å². The Hall–Kier alpha value is -8.75. The Labute approximate surface area is 414 Å². The fourth-order valence-electron chi connectivity index (χ4n) is 5.40. The maximum Gasteiger partial charge on any atom is 0.338 e. The number of hydrogen-bond acceptors (Lipinski definition) is 21. The number of carbonyl (C=O) groups is 5. The second-order valence-electron chi connectivity index (χ2n) is 17.1. The number of aryl methyl sites for hydroxylation is 1. The molecule has 5 aromatic carbocycles. The van der Waals surface area contributed by atoms with Crippen LogP contribution in [-0.2, 0) is 9.47 Å². The molecule has 0 fully saturated rings. The maximum atomic E-state index is 11.6. The molecule has 14 N–H and O–H groups in total. The average Bonchev–Trinajstić information content (AvgIpc) is 3.28. The summed E-state index contributed by atoms with van der Waals surface area (Å²) in [5.74, 6) is -9.49. The first-order valence-electron chi connectivity index (χ1n) is 21.7. The van der Waals surface area contributed by atoms with E-state index in [-0.39, 0.29) is 81.1 Å². The van der Waals surface area contributed by atoms with Crippen molar-refractivity contribution < 1.29 is 105 Å². The lowest BCUT2D eigenvalue weighted by Crippen LogP contribution is -2.11. The first kappa shape index (κ1) is 61.3. The van der Waals surface area contributed by atoms with Gasteiger partial charge in [0, 0.05) is 34.4 Å². The smallest absolute Gasteiger partial charge is 0.338 e. The summed E-state index contributed by atoms with van der Waals surface area (Å²) < 4.78 is 9.69. The molecule has 0 aliphatic carbocycles. The second-order valence-corrected chi connectivity index (χ2v) is 17.1. The maximum absolute atomic E-state index is 11.6. The molecule has 0 aliphatic heterocycles. The second kappa shape index (κ2) is 26.9. The molecule has 21 heteroatoms. The van der Waals surface area contributed by atoms with Gasteiger partial charge < -0.3 is 81.0 Å². The molecule has 0 aromatic heterocycles. The van der Waals surface area contributed by atoms with Crippen molar-refractivity contribution >= 4 is 29.3 Å². The van der Waals surface area contributed by atoms with Crippen LogP contribution in [0.5, 0.6) is 80.5 Å². The van der Waals surface area contributed by atoms with E-state index in [1.807, 2.05) is 0 Å². The van der Waals surface area contributed by atoms with Gasteiger partial charge in [0.2, 0.25) is 0 Å². The van der Waals surface area contributed by atoms with Crippen molar-refractivity contribution in [1.29, 1.82) is 0 Å². The quantitative estimate of drug-likeness (QED) is 0.0355. The SMILES string of the molecule is CC(C)C(=O)c1cc(O)c(O)c(O)c1.CC(C)C(=O)c1cc(O)c(O)c(O)c1.CC(C)OC(=O)c1cc(O)c(O)c(O)c1.CC(C)OC(=O)c1cc(O)c(O)c(O)c1.Cc1cc(C(=O)C(C)C)cc(O)c1O. The topological polar surface area (TPSA) is 387 Å². The van der Waals surface area contributed by atoms with Gasteiger partial charge in [-0.15, -0.1) is 0 Å². The molecule has 5 aromatic rings. The highest BCUT2D eigenvalue weighted by atomic mass is 16.5. The van der Waals surface area contributed by atoms with Gasteiger partial charge in [0.1, 0.15) is 0 Å². The highest BCUT2D eigenvalue weighted by Crippen LogP contribution is 2.39. The molecular weight excluding hydrogens is 949 g/mol. The molecular formula is C51H62O21. The largest absolute Gasteiger partial charge is 0.504 e. The summed E-state index contributed by atoms with van der Waals surface area (Å²) in [7, 11) is 0. The number of hydrogen-bond donors (Lipinski definition) is 14. The van der Waals surface area contributed by atoms with Crippen LogP contribution in [-0.4, -0.2) is 113 Å². The Morgan fingerprint density at radius 1 is 0.306 bits per heavy atom. The molecule has 0 amide bonds. The van der Waals surface area contributed by atoms with Gasteiger partial charge in [0.15, 0.2) is 97.8 Å². The molecule has 0 saturated carbocycles. The van der Waals surface area contributed by atoms with Crippen LogP contribution in [0, 0.1) is 24.7 Å². The Balaban J connectivity index is 0.000000450. The third-order valence-corrected chi connectivity index (χ3v) is 9.14. The Morgan fingerprint density at radius 2 is 0.486 bits per heavy atom. The van der Waals surface area contributed by atoms with E-state index in [2.05, 4.69) is 0 Å². The predicted molar refractivity (Wildman–Crippen MR) is 259 cm³/mol. The van der Waals surface area contributed by atoms with Gasteiger partial charge in [0.05, 0.1) is 23.3 Å². The van der Waals surface area contributed by atoms with Crippen molar-refractivity contribution in [3.05, 3.63) is 94.0 Å². The molecule has 5 rings (SSSR count). The Kier molecular flexibility index (Phi) is 22.9. The van der Waals surface area contributed by atoms with Crippen molar-refractivity contribution in [2.75, 3.05) is 0 Å². The van der Waals surface area contributed by atoms with Crippen LogP contribution >= 0.6 is 0 Å². The van der Waals surface area contributed by atoms with Gasteiger partial charge in [-0.2, -0.15) is 0 Å². The number of ether oxygens (including phenoxy) is 2. The summed E-state index contributed by atoms with van der Waals surface area (Å²) in [6, 6.07) is 11.5. The third kappa shape index (κ3) is 18.0. The molecule has 0 radical (unpaired) electrons. The van der Waals surface area contributed by atoms with E-state index >= 15 is 0 Å². The van der Waals surface area contributed by atoms with Gasteiger partial charge in [-0.25, -0.2) is 9.59 Å². The van der Waals surface area contributed by atoms with Crippen molar-refractivity contribution in [2.45, 2.75) is 88.4 Å². The number of phenols is 14. The molecule has 0 unspecified atom stereocenters. The zero-order valence-electron chi connectivity index (χ0n) is 41.3. The number of rotatable bonds is 10. The monoisotopic (exact) mass is 1010 g/mol. The van der Waals surface area contributed by atoms with Crippen LogP contribution in [0.3, 0.4) is 0 Å². The van der Waals surface area contributed by atoms with Crippen molar-refractivity contribution in [2.24, 2.45) is 17.8 Å². The number of carbonyl (C=O) groups excluding carboxylic acids is 5. The molecule has 72 heavy (non-hydrogen) atoms. The Morgan fingerprint density at radius 3 is 0.667 bits per heavy atom. The van der Waals surface area contributed by atoms with E-state index in [0.29, 0.717) is 11.1 Å². The summed E-state index contributed by atoms with van der Waals surface area (Å²) >= 11 is 0. The van der Waals surface area contributed by atoms with E-state index in [4.69, 9.17) is 70.8 Å². The number of esters is 2. The fourth-order valence-corrected chi connectivity index (χ4v) is 5.40. The number of ketones is 3. The number of phenolic OH excluding ortho intramolecular Hbond substituents is 14. The summed E-state index contributed by atoms with van der Waals surface area (Å²) in [4.78, 5) is 57.2. The molecule has 0 atom stereocenters.